The smallest absolute Gasteiger partial charge is 0.244 e. The highest BCUT2D eigenvalue weighted by Gasteiger charge is 2.19. The highest BCUT2D eigenvalue weighted by atomic mass is 16.5. The van der Waals surface area contributed by atoms with E-state index in [2.05, 4.69) is 10.3 Å². The average Bonchev–Trinajstić information content (AvgIpc) is 3.16. The quantitative estimate of drug-likeness (QED) is 0.641. The van der Waals surface area contributed by atoms with E-state index in [0.717, 1.165) is 28.5 Å². The molecule has 0 radical (unpaired) electrons. The molecule has 28 heavy (non-hydrogen) atoms. The zero-order valence-electron chi connectivity index (χ0n) is 16.1. The maximum absolute atomic E-state index is 12.6. The minimum atomic E-state index is -0.376. The maximum Gasteiger partial charge on any atom is 0.244 e. The molecule has 0 aliphatic carbocycles. The van der Waals surface area contributed by atoms with Crippen LogP contribution in [0.1, 0.15) is 23.0 Å². The van der Waals surface area contributed by atoms with Crippen LogP contribution in [0.5, 0.6) is 11.5 Å². The van der Waals surface area contributed by atoms with Crippen molar-refractivity contribution in [2.24, 2.45) is 7.05 Å². The second-order valence-electron chi connectivity index (χ2n) is 6.22. The largest absolute Gasteiger partial charge is 0.497 e. The molecule has 3 rings (SSSR count). The van der Waals surface area contributed by atoms with Crippen LogP contribution in [0.4, 0.5) is 0 Å². The Labute approximate surface area is 164 Å². The number of carbonyl (C=O) groups excluding carboxylic acids is 1. The van der Waals surface area contributed by atoms with E-state index < -0.39 is 0 Å². The van der Waals surface area contributed by atoms with E-state index in [9.17, 15) is 4.79 Å². The standard InChI is InChI=1S/C22H23N3O3/c1-25-15-14-23-22(25)21(17-7-11-19(28-3)12-8-17)24-20(26)13-6-16-4-9-18(27-2)10-5-16/h4-15,21H,1-3H3,(H,24,26)/b13-6+. The summed E-state index contributed by atoms with van der Waals surface area (Å²) in [5.74, 6) is 2.07. The maximum atomic E-state index is 12.6. The molecule has 1 N–H and O–H groups in total. The first-order chi connectivity index (χ1) is 13.6. The minimum absolute atomic E-state index is 0.209. The summed E-state index contributed by atoms with van der Waals surface area (Å²) in [5, 5.41) is 3.03. The lowest BCUT2D eigenvalue weighted by Crippen LogP contribution is -2.29. The van der Waals surface area contributed by atoms with Gasteiger partial charge in [0.25, 0.3) is 0 Å². The predicted octanol–water partition coefficient (Wildman–Crippen LogP) is 3.36. The van der Waals surface area contributed by atoms with Crippen LogP contribution >= 0.6 is 0 Å². The van der Waals surface area contributed by atoms with Crippen molar-refractivity contribution < 1.29 is 14.3 Å². The van der Waals surface area contributed by atoms with Gasteiger partial charge in [-0.05, 0) is 41.5 Å². The van der Waals surface area contributed by atoms with Crippen LogP contribution in [-0.2, 0) is 11.8 Å². The molecule has 0 fully saturated rings. The third kappa shape index (κ3) is 4.59. The first-order valence-electron chi connectivity index (χ1n) is 8.84. The molecule has 0 aliphatic rings. The van der Waals surface area contributed by atoms with Crippen LogP contribution in [0.15, 0.2) is 67.0 Å². The molecule has 1 atom stereocenters. The number of ether oxygens (including phenoxy) is 2. The van der Waals surface area contributed by atoms with Crippen LogP contribution < -0.4 is 14.8 Å². The summed E-state index contributed by atoms with van der Waals surface area (Å²) >= 11 is 0. The molecule has 144 valence electrons. The lowest BCUT2D eigenvalue weighted by atomic mass is 10.1. The molecule has 1 amide bonds. The fourth-order valence-electron chi connectivity index (χ4n) is 2.83. The number of aromatic nitrogens is 2. The van der Waals surface area contributed by atoms with Gasteiger partial charge in [-0.3, -0.25) is 4.79 Å². The van der Waals surface area contributed by atoms with Gasteiger partial charge in [0, 0.05) is 25.5 Å². The van der Waals surface area contributed by atoms with Gasteiger partial charge < -0.3 is 19.4 Å². The predicted molar refractivity (Wildman–Crippen MR) is 108 cm³/mol. The van der Waals surface area contributed by atoms with E-state index in [1.54, 1.807) is 26.5 Å². The summed E-state index contributed by atoms with van der Waals surface area (Å²) in [7, 11) is 5.14. The molecule has 0 saturated carbocycles. The van der Waals surface area contributed by atoms with Gasteiger partial charge in [0.15, 0.2) is 0 Å². The number of hydrogen-bond acceptors (Lipinski definition) is 4. The van der Waals surface area contributed by atoms with Crippen LogP contribution in [0.2, 0.25) is 0 Å². The Hall–Kier alpha value is -3.54. The molecule has 0 aliphatic heterocycles. The van der Waals surface area contributed by atoms with Gasteiger partial charge >= 0.3 is 0 Å². The van der Waals surface area contributed by atoms with E-state index in [1.807, 2.05) is 66.3 Å². The second kappa shape index (κ2) is 8.90. The second-order valence-corrected chi connectivity index (χ2v) is 6.22. The van der Waals surface area contributed by atoms with Crippen molar-refractivity contribution >= 4 is 12.0 Å². The van der Waals surface area contributed by atoms with Gasteiger partial charge in [0.2, 0.25) is 5.91 Å². The molecule has 0 bridgehead atoms. The number of nitrogens with zero attached hydrogens (tertiary/aromatic N) is 2. The van der Waals surface area contributed by atoms with Gasteiger partial charge in [0.1, 0.15) is 23.4 Å². The van der Waals surface area contributed by atoms with Crippen molar-refractivity contribution in [3.8, 4) is 11.5 Å². The fraction of sp³-hybridized carbons (Fsp3) is 0.182. The third-order valence-corrected chi connectivity index (χ3v) is 4.40. The van der Waals surface area contributed by atoms with Crippen LogP contribution in [0, 0.1) is 0 Å². The number of aryl methyl sites for hydroxylation is 1. The summed E-state index contributed by atoms with van der Waals surface area (Å²) < 4.78 is 12.3. The van der Waals surface area contributed by atoms with Crippen LogP contribution in [0.3, 0.4) is 0 Å². The molecular formula is C22H23N3O3. The summed E-state index contributed by atoms with van der Waals surface area (Å²) in [4.78, 5) is 17.0. The van der Waals surface area contributed by atoms with Crippen molar-refractivity contribution in [1.82, 2.24) is 14.9 Å². The normalized spacial score (nSPS) is 12.0. The monoisotopic (exact) mass is 377 g/mol. The summed E-state index contributed by atoms with van der Waals surface area (Å²) in [6, 6.07) is 14.7. The zero-order valence-corrected chi connectivity index (χ0v) is 16.1. The summed E-state index contributed by atoms with van der Waals surface area (Å²) in [6.45, 7) is 0. The lowest BCUT2D eigenvalue weighted by molar-refractivity contribution is -0.117. The van der Waals surface area contributed by atoms with E-state index in [4.69, 9.17) is 9.47 Å². The lowest BCUT2D eigenvalue weighted by Gasteiger charge is -2.18. The Morgan fingerprint density at radius 3 is 2.18 bits per heavy atom. The van der Waals surface area contributed by atoms with Gasteiger partial charge in [-0.2, -0.15) is 0 Å². The Morgan fingerprint density at radius 2 is 1.64 bits per heavy atom. The Kier molecular flexibility index (Phi) is 6.11. The summed E-state index contributed by atoms with van der Waals surface area (Å²) in [5.41, 5.74) is 1.83. The van der Waals surface area contributed by atoms with Crippen LogP contribution in [0.25, 0.3) is 6.08 Å². The molecule has 6 heteroatoms. The molecule has 6 nitrogen and oxygen atoms in total. The number of benzene rings is 2. The number of hydrogen-bond donors (Lipinski definition) is 1. The van der Waals surface area contributed by atoms with E-state index in [1.165, 1.54) is 6.08 Å². The number of carbonyl (C=O) groups is 1. The Morgan fingerprint density at radius 1 is 1.04 bits per heavy atom. The highest BCUT2D eigenvalue weighted by molar-refractivity contribution is 5.92. The minimum Gasteiger partial charge on any atom is -0.497 e. The van der Waals surface area contributed by atoms with E-state index in [-0.39, 0.29) is 11.9 Å². The van der Waals surface area contributed by atoms with E-state index >= 15 is 0 Å². The number of imidazole rings is 1. The number of nitrogens with one attached hydrogen (secondary N) is 1. The molecule has 3 aromatic rings. The topological polar surface area (TPSA) is 65.4 Å². The SMILES string of the molecule is COc1ccc(/C=C/C(=O)NC(c2ccc(OC)cc2)c2nccn2C)cc1. The molecule has 1 aromatic heterocycles. The van der Waals surface area contributed by atoms with Crippen molar-refractivity contribution in [3.63, 3.8) is 0 Å². The highest BCUT2D eigenvalue weighted by Crippen LogP contribution is 2.23. The summed E-state index contributed by atoms with van der Waals surface area (Å²) in [6.07, 6.45) is 6.84. The fourth-order valence-corrected chi connectivity index (χ4v) is 2.83. The van der Waals surface area contributed by atoms with Gasteiger partial charge in [-0.1, -0.05) is 24.3 Å². The Bertz CT molecular complexity index is 944. The molecule has 0 saturated heterocycles. The third-order valence-electron chi connectivity index (χ3n) is 4.40. The van der Waals surface area contributed by atoms with Crippen molar-refractivity contribution in [3.05, 3.63) is 84.0 Å². The van der Waals surface area contributed by atoms with Gasteiger partial charge in [-0.25, -0.2) is 4.98 Å². The average molecular weight is 377 g/mol. The van der Waals surface area contributed by atoms with Crippen molar-refractivity contribution in [1.29, 1.82) is 0 Å². The molecule has 0 spiro atoms. The number of methoxy groups -OCH3 is 2. The Balaban J connectivity index is 1.79. The van der Waals surface area contributed by atoms with Crippen molar-refractivity contribution in [2.75, 3.05) is 14.2 Å². The zero-order chi connectivity index (χ0) is 19.9. The first kappa shape index (κ1) is 19.2. The number of rotatable bonds is 7. The molecule has 1 heterocycles. The molecular weight excluding hydrogens is 354 g/mol. The van der Waals surface area contributed by atoms with E-state index in [0.29, 0.717) is 0 Å². The molecule has 1 unspecified atom stereocenters. The first-order valence-corrected chi connectivity index (χ1v) is 8.84. The van der Waals surface area contributed by atoms with Gasteiger partial charge in [-0.15, -0.1) is 0 Å². The molecule has 2 aromatic carbocycles. The van der Waals surface area contributed by atoms with Gasteiger partial charge in [0.05, 0.1) is 14.2 Å². The number of amides is 1. The van der Waals surface area contributed by atoms with Crippen molar-refractivity contribution in [2.45, 2.75) is 6.04 Å². The van der Waals surface area contributed by atoms with Crippen LogP contribution in [-0.4, -0.2) is 29.7 Å².